The van der Waals surface area contributed by atoms with Crippen molar-refractivity contribution in [1.82, 2.24) is 4.48 Å². The highest BCUT2D eigenvalue weighted by molar-refractivity contribution is 5.71. The Labute approximate surface area is 116 Å². The van der Waals surface area contributed by atoms with Crippen molar-refractivity contribution >= 4 is 11.4 Å². The van der Waals surface area contributed by atoms with Crippen LogP contribution in [0.2, 0.25) is 0 Å². The fourth-order valence-electron chi connectivity index (χ4n) is 2.36. The lowest BCUT2D eigenvalue weighted by molar-refractivity contribution is 0.323. The van der Waals surface area contributed by atoms with Crippen LogP contribution in [0.25, 0.3) is 0 Å². The van der Waals surface area contributed by atoms with Gasteiger partial charge in [-0.2, -0.15) is 0 Å². The molecule has 5 heteroatoms. The summed E-state index contributed by atoms with van der Waals surface area (Å²) in [5.41, 5.74) is 0.390. The van der Waals surface area contributed by atoms with Gasteiger partial charge in [0.15, 0.2) is 11.4 Å². The Morgan fingerprint density at radius 2 is 1.85 bits per heavy atom. The number of ether oxygens (including phenoxy) is 1. The molecule has 0 aliphatic rings. The number of nitrogens with zero attached hydrogens (tertiary/aromatic N) is 1. The maximum Gasteiger partial charge on any atom is 0.294 e. The molecule has 0 unspecified atom stereocenters. The fourth-order valence-corrected chi connectivity index (χ4v) is 2.36. The average molecular weight is 276 g/mol. The summed E-state index contributed by atoms with van der Waals surface area (Å²) in [5.74, 6) is 0.219. The van der Waals surface area contributed by atoms with Gasteiger partial charge in [-0.15, -0.1) is 0 Å². The smallest absolute Gasteiger partial charge is 0.294 e. The van der Waals surface area contributed by atoms with Crippen LogP contribution < -0.4 is 20.1 Å². The first kappa shape index (κ1) is 14.3. The van der Waals surface area contributed by atoms with Gasteiger partial charge in [0.2, 0.25) is 11.4 Å². The third kappa shape index (κ3) is 1.91. The predicted molar refractivity (Wildman–Crippen MR) is 78.7 cm³/mol. The Balaban J connectivity index is 2.62. The minimum absolute atomic E-state index is 0.0204. The maximum absolute atomic E-state index is 11.9. The molecule has 0 heterocycles. The predicted octanol–water partition coefficient (Wildman–Crippen LogP) is 1.59. The van der Waals surface area contributed by atoms with Gasteiger partial charge in [0.1, 0.15) is 0 Å². The van der Waals surface area contributed by atoms with E-state index in [-0.39, 0.29) is 21.7 Å². The second-order valence-corrected chi connectivity index (χ2v) is 5.17. The van der Waals surface area contributed by atoms with Gasteiger partial charge in [0.05, 0.1) is 20.7 Å². The summed E-state index contributed by atoms with van der Waals surface area (Å²) >= 11 is 0. The molecule has 2 aromatic rings. The van der Waals surface area contributed by atoms with Crippen molar-refractivity contribution in [3.63, 3.8) is 0 Å². The normalized spacial score (nSPS) is 11.8. The van der Waals surface area contributed by atoms with Crippen LogP contribution in [0.1, 0.15) is 12.5 Å². The van der Waals surface area contributed by atoms with Crippen molar-refractivity contribution in [2.24, 2.45) is 0 Å². The van der Waals surface area contributed by atoms with Gasteiger partial charge in [0.25, 0.3) is 10.9 Å². The minimum atomic E-state index is -0.597. The summed E-state index contributed by atoms with van der Waals surface area (Å²) in [7, 11) is 3.49. The molecule has 0 spiro atoms. The first-order valence-corrected chi connectivity index (χ1v) is 6.42. The van der Waals surface area contributed by atoms with Gasteiger partial charge in [-0.3, -0.25) is 14.1 Å². The summed E-state index contributed by atoms with van der Waals surface area (Å²) in [6, 6.07) is 5.32. The van der Waals surface area contributed by atoms with Crippen LogP contribution >= 0.6 is 0 Å². The monoisotopic (exact) mass is 276 g/mol. The summed E-state index contributed by atoms with van der Waals surface area (Å²) in [5, 5.41) is 10.2. The number of aromatic hydroxyl groups is 1. The Morgan fingerprint density at radius 3 is 2.45 bits per heavy atom. The number of para-hydroxylation sites is 1. The fraction of sp³-hybridized carbons (Fsp3) is 0.333. The van der Waals surface area contributed by atoms with Crippen molar-refractivity contribution in [3.8, 4) is 11.5 Å². The van der Waals surface area contributed by atoms with E-state index in [1.807, 2.05) is 0 Å². The minimum Gasteiger partial charge on any atom is -0.503 e. The van der Waals surface area contributed by atoms with E-state index in [2.05, 4.69) is 0 Å². The van der Waals surface area contributed by atoms with Crippen LogP contribution in [0, 0.1) is 6.92 Å². The van der Waals surface area contributed by atoms with E-state index < -0.39 is 10.9 Å². The number of quaternary nitrogens is 1. The van der Waals surface area contributed by atoms with Crippen LogP contribution in [0.4, 0.5) is 11.4 Å². The van der Waals surface area contributed by atoms with Gasteiger partial charge in [-0.1, -0.05) is 12.1 Å². The van der Waals surface area contributed by atoms with Gasteiger partial charge < -0.3 is 9.84 Å². The molecule has 0 bridgehead atoms. The highest BCUT2D eigenvalue weighted by Gasteiger charge is 2.39. The number of hydrogen-bond donors (Lipinski definition) is 1. The Kier molecular flexibility index (Phi) is 3.39. The van der Waals surface area contributed by atoms with Crippen molar-refractivity contribution in [2.45, 2.75) is 13.8 Å². The molecule has 0 aromatic heterocycles. The number of phenols is 1. The molecule has 0 atom stereocenters. The lowest BCUT2D eigenvalue weighted by Gasteiger charge is -2.30. The van der Waals surface area contributed by atoms with E-state index in [0.717, 1.165) is 0 Å². The van der Waals surface area contributed by atoms with Crippen molar-refractivity contribution in [2.75, 3.05) is 20.7 Å². The molecule has 5 nitrogen and oxygen atoms in total. The highest BCUT2D eigenvalue weighted by Crippen LogP contribution is 2.40. The topological polar surface area (TPSA) is 63.6 Å². The zero-order valence-electron chi connectivity index (χ0n) is 12.1. The van der Waals surface area contributed by atoms with E-state index in [1.54, 1.807) is 46.1 Å². The van der Waals surface area contributed by atoms with Crippen LogP contribution in [0.15, 0.2) is 27.8 Å². The molecule has 0 fully saturated rings. The van der Waals surface area contributed by atoms with Gasteiger partial charge in [0, 0.05) is 6.07 Å². The summed E-state index contributed by atoms with van der Waals surface area (Å²) in [4.78, 5) is 23.5. The highest BCUT2D eigenvalue weighted by atomic mass is 16.5. The van der Waals surface area contributed by atoms with Crippen LogP contribution in [-0.2, 0) is 0 Å². The third-order valence-corrected chi connectivity index (χ3v) is 3.51. The maximum atomic E-state index is 11.9. The zero-order valence-corrected chi connectivity index (χ0v) is 12.1. The first-order valence-electron chi connectivity index (χ1n) is 6.42. The molecule has 106 valence electrons. The Bertz CT molecular complexity index is 724. The second-order valence-electron chi connectivity index (χ2n) is 5.17. The van der Waals surface area contributed by atoms with Gasteiger partial charge >= 0.3 is 0 Å². The number of benzene rings is 1. The number of aryl methyl sites for hydroxylation is 1. The van der Waals surface area contributed by atoms with Crippen LogP contribution in [0.5, 0.6) is 11.5 Å². The number of hydrogen-bond acceptors (Lipinski definition) is 4. The molecule has 0 radical (unpaired) electrons. The van der Waals surface area contributed by atoms with Crippen LogP contribution in [0.3, 0.4) is 0 Å². The largest absolute Gasteiger partial charge is 0.503 e. The number of phenolic OH excluding ortho intramolecular Hbond substituents is 1. The third-order valence-electron chi connectivity index (χ3n) is 3.51. The molecule has 0 amide bonds. The van der Waals surface area contributed by atoms with E-state index in [1.165, 1.54) is 0 Å². The molecule has 2 aromatic carbocycles. The van der Waals surface area contributed by atoms with Gasteiger partial charge in [-0.05, 0) is 19.4 Å². The molecular weight excluding hydrogens is 258 g/mol. The lowest BCUT2D eigenvalue weighted by Crippen LogP contribution is -2.47. The zero-order chi connectivity index (χ0) is 15.1. The molecule has 0 saturated carbocycles. The molecule has 2 rings (SSSR count). The van der Waals surface area contributed by atoms with E-state index >= 15 is 0 Å². The summed E-state index contributed by atoms with van der Waals surface area (Å²) in [6.07, 6.45) is 0. The molecule has 0 aliphatic heterocycles. The van der Waals surface area contributed by atoms with E-state index in [4.69, 9.17) is 4.74 Å². The second kappa shape index (κ2) is 4.76. The van der Waals surface area contributed by atoms with E-state index in [9.17, 15) is 14.7 Å². The SMILES string of the molecule is CCOc1c([N+](C)(C)c2cccc(C)c2O)c(=O)c1=O. The molecule has 20 heavy (non-hydrogen) atoms. The molecular formula is C15H18NO4+. The Morgan fingerprint density at radius 1 is 1.20 bits per heavy atom. The van der Waals surface area contributed by atoms with Crippen molar-refractivity contribution in [1.29, 1.82) is 0 Å². The lowest BCUT2D eigenvalue weighted by atomic mass is 10.1. The average Bonchev–Trinajstić information content (AvgIpc) is 2.40. The van der Waals surface area contributed by atoms with Crippen molar-refractivity contribution in [3.05, 3.63) is 44.2 Å². The van der Waals surface area contributed by atoms with E-state index in [0.29, 0.717) is 17.9 Å². The quantitative estimate of drug-likeness (QED) is 0.680. The molecule has 1 N–H and O–H groups in total. The summed E-state index contributed by atoms with van der Waals surface area (Å²) in [6.45, 7) is 3.85. The van der Waals surface area contributed by atoms with Gasteiger partial charge in [-0.25, -0.2) is 0 Å². The molecule has 0 saturated heterocycles. The standard InChI is InChI=1S/C15H17NO4/c1-5-20-15-11(13(18)14(15)19)16(3,4)10-8-6-7-9(2)12(10)17/h6-8H,5H2,1-4H3/p+1. The Hall–Kier alpha value is -2.14. The number of rotatable bonds is 4. The first-order chi connectivity index (χ1) is 9.32. The van der Waals surface area contributed by atoms with Crippen molar-refractivity contribution < 1.29 is 9.84 Å². The molecule has 0 aliphatic carbocycles. The van der Waals surface area contributed by atoms with Crippen LogP contribution in [-0.4, -0.2) is 25.8 Å². The summed E-state index contributed by atoms with van der Waals surface area (Å²) < 4.78 is 5.24.